The monoisotopic (exact) mass is 373 g/mol. The summed E-state index contributed by atoms with van der Waals surface area (Å²) in [5.41, 5.74) is 2.11. The van der Waals surface area contributed by atoms with Gasteiger partial charge in [-0.05, 0) is 33.8 Å². The fourth-order valence-electron chi connectivity index (χ4n) is 3.17. The van der Waals surface area contributed by atoms with Crippen molar-refractivity contribution < 1.29 is 19.4 Å². The minimum absolute atomic E-state index is 0.0487. The van der Waals surface area contributed by atoms with Gasteiger partial charge in [-0.15, -0.1) is 0 Å². The van der Waals surface area contributed by atoms with E-state index < -0.39 is 5.60 Å². The summed E-state index contributed by atoms with van der Waals surface area (Å²) in [7, 11) is 0. The number of para-hydroxylation sites is 1. The molecule has 1 aromatic carbocycles. The molecule has 2 heterocycles. The molecule has 146 valence electrons. The van der Waals surface area contributed by atoms with Gasteiger partial charge in [0.2, 0.25) is 0 Å². The zero-order valence-electron chi connectivity index (χ0n) is 16.2. The molecule has 0 radical (unpaired) electrons. The van der Waals surface area contributed by atoms with Crippen LogP contribution in [0.1, 0.15) is 61.1 Å². The van der Waals surface area contributed by atoms with Gasteiger partial charge in [-0.25, -0.2) is 0 Å². The molecule has 0 saturated carbocycles. The SMILES string of the molecule is C[C@@H]1Cc2c(C(=O)NCc3ccccc3OCC(C)(C)O)n[nH]c2[C@H](C)O1. The minimum Gasteiger partial charge on any atom is -0.490 e. The molecule has 1 aromatic heterocycles. The summed E-state index contributed by atoms with van der Waals surface area (Å²) in [6.45, 7) is 7.79. The number of benzene rings is 1. The highest BCUT2D eigenvalue weighted by Crippen LogP contribution is 2.30. The molecule has 27 heavy (non-hydrogen) atoms. The predicted molar refractivity (Wildman–Crippen MR) is 101 cm³/mol. The number of nitrogens with one attached hydrogen (secondary N) is 2. The number of ether oxygens (including phenoxy) is 2. The Morgan fingerprint density at radius 1 is 1.41 bits per heavy atom. The van der Waals surface area contributed by atoms with Crippen LogP contribution in [-0.2, 0) is 17.7 Å². The summed E-state index contributed by atoms with van der Waals surface area (Å²) in [5.74, 6) is 0.408. The fourth-order valence-corrected chi connectivity index (χ4v) is 3.17. The van der Waals surface area contributed by atoms with Gasteiger partial charge in [0, 0.05) is 24.1 Å². The molecule has 0 bridgehead atoms. The number of nitrogens with zero attached hydrogens (tertiary/aromatic N) is 1. The summed E-state index contributed by atoms with van der Waals surface area (Å²) in [6.07, 6.45) is 0.603. The van der Waals surface area contributed by atoms with E-state index in [9.17, 15) is 9.90 Å². The number of carbonyl (C=O) groups excluding carboxylic acids is 1. The van der Waals surface area contributed by atoms with E-state index in [4.69, 9.17) is 9.47 Å². The highest BCUT2D eigenvalue weighted by molar-refractivity contribution is 5.94. The van der Waals surface area contributed by atoms with Crippen LogP contribution in [0.3, 0.4) is 0 Å². The number of hydrogen-bond donors (Lipinski definition) is 3. The van der Waals surface area contributed by atoms with Crippen LogP contribution in [0.5, 0.6) is 5.75 Å². The fraction of sp³-hybridized carbons (Fsp3) is 0.500. The van der Waals surface area contributed by atoms with Crippen LogP contribution >= 0.6 is 0 Å². The lowest BCUT2D eigenvalue weighted by atomic mass is 9.99. The maximum absolute atomic E-state index is 12.7. The van der Waals surface area contributed by atoms with Gasteiger partial charge in [0.1, 0.15) is 12.4 Å². The molecular weight excluding hydrogens is 346 g/mol. The first kappa shape index (κ1) is 19.4. The number of H-pyrrole nitrogens is 1. The van der Waals surface area contributed by atoms with Crippen LogP contribution in [0.4, 0.5) is 0 Å². The number of hydrogen-bond acceptors (Lipinski definition) is 5. The molecule has 0 unspecified atom stereocenters. The standard InChI is InChI=1S/C20H27N3O4/c1-12-9-15-17(13(2)27-12)22-23-18(15)19(24)21-10-14-7-5-6-8-16(14)26-11-20(3,4)25/h5-8,12-13,25H,9-11H2,1-4H3,(H,21,24)(H,22,23)/t12-,13+/m1/s1. The van der Waals surface area contributed by atoms with Crippen molar-refractivity contribution in [2.24, 2.45) is 0 Å². The third-order valence-electron chi connectivity index (χ3n) is 4.44. The lowest BCUT2D eigenvalue weighted by Crippen LogP contribution is -2.29. The van der Waals surface area contributed by atoms with E-state index in [-0.39, 0.29) is 24.7 Å². The predicted octanol–water partition coefficient (Wildman–Crippen LogP) is 2.51. The van der Waals surface area contributed by atoms with Gasteiger partial charge >= 0.3 is 0 Å². The highest BCUT2D eigenvalue weighted by atomic mass is 16.5. The number of fused-ring (bicyclic) bond motifs is 1. The van der Waals surface area contributed by atoms with Crippen molar-refractivity contribution in [3.63, 3.8) is 0 Å². The first-order valence-electron chi connectivity index (χ1n) is 9.18. The van der Waals surface area contributed by atoms with Crippen molar-refractivity contribution in [2.45, 2.75) is 58.5 Å². The number of rotatable bonds is 6. The van der Waals surface area contributed by atoms with E-state index in [1.165, 1.54) is 0 Å². The number of amides is 1. The van der Waals surface area contributed by atoms with Crippen molar-refractivity contribution in [3.8, 4) is 5.75 Å². The topological polar surface area (TPSA) is 96.5 Å². The second-order valence-electron chi connectivity index (χ2n) is 7.65. The Kier molecular flexibility index (Phi) is 5.53. The molecule has 0 fully saturated rings. The Morgan fingerprint density at radius 3 is 2.89 bits per heavy atom. The van der Waals surface area contributed by atoms with Crippen molar-refractivity contribution >= 4 is 5.91 Å². The molecule has 0 saturated heterocycles. The summed E-state index contributed by atoms with van der Waals surface area (Å²) < 4.78 is 11.5. The quantitative estimate of drug-likeness (QED) is 0.723. The number of aliphatic hydroxyl groups is 1. The van der Waals surface area contributed by atoms with Gasteiger partial charge in [-0.2, -0.15) is 5.10 Å². The Hall–Kier alpha value is -2.38. The normalized spacial score (nSPS) is 19.4. The maximum atomic E-state index is 12.7. The smallest absolute Gasteiger partial charge is 0.272 e. The summed E-state index contributed by atoms with van der Waals surface area (Å²) in [6, 6.07) is 7.45. The number of aromatic nitrogens is 2. The van der Waals surface area contributed by atoms with Crippen molar-refractivity contribution in [3.05, 3.63) is 46.8 Å². The lowest BCUT2D eigenvalue weighted by Gasteiger charge is -2.25. The molecule has 2 aromatic rings. The summed E-state index contributed by atoms with van der Waals surface area (Å²) >= 11 is 0. The van der Waals surface area contributed by atoms with Crippen LogP contribution in [0, 0.1) is 0 Å². The number of carbonyl (C=O) groups is 1. The molecule has 3 rings (SSSR count). The Morgan fingerprint density at radius 2 is 2.15 bits per heavy atom. The van der Waals surface area contributed by atoms with Crippen LogP contribution in [0.15, 0.2) is 24.3 Å². The van der Waals surface area contributed by atoms with Gasteiger partial charge < -0.3 is 19.9 Å². The van der Waals surface area contributed by atoms with Crippen molar-refractivity contribution in [2.75, 3.05) is 6.61 Å². The molecule has 1 amide bonds. The van der Waals surface area contributed by atoms with Gasteiger partial charge in [0.05, 0.1) is 23.5 Å². The molecule has 7 heteroatoms. The van der Waals surface area contributed by atoms with Crippen LogP contribution in [0.25, 0.3) is 0 Å². The third kappa shape index (κ3) is 4.67. The third-order valence-corrected chi connectivity index (χ3v) is 4.44. The van der Waals surface area contributed by atoms with E-state index in [1.54, 1.807) is 13.8 Å². The first-order chi connectivity index (χ1) is 12.7. The van der Waals surface area contributed by atoms with Crippen LogP contribution in [-0.4, -0.2) is 39.5 Å². The van der Waals surface area contributed by atoms with Crippen molar-refractivity contribution in [1.82, 2.24) is 15.5 Å². The zero-order valence-corrected chi connectivity index (χ0v) is 16.2. The van der Waals surface area contributed by atoms with E-state index in [0.29, 0.717) is 24.4 Å². The highest BCUT2D eigenvalue weighted by Gasteiger charge is 2.29. The summed E-state index contributed by atoms with van der Waals surface area (Å²) in [4.78, 5) is 12.7. The molecule has 3 N–H and O–H groups in total. The average Bonchev–Trinajstić information content (AvgIpc) is 3.02. The first-order valence-corrected chi connectivity index (χ1v) is 9.18. The Labute approximate surface area is 159 Å². The Bertz CT molecular complexity index is 810. The van der Waals surface area contributed by atoms with E-state index in [1.807, 2.05) is 38.1 Å². The average molecular weight is 373 g/mol. The van der Waals surface area contributed by atoms with Gasteiger partial charge in [-0.1, -0.05) is 18.2 Å². The van der Waals surface area contributed by atoms with Gasteiger partial charge in [0.15, 0.2) is 5.69 Å². The second kappa shape index (κ2) is 7.70. The molecule has 2 atom stereocenters. The minimum atomic E-state index is -0.931. The number of aromatic amines is 1. The second-order valence-corrected chi connectivity index (χ2v) is 7.65. The molecule has 7 nitrogen and oxygen atoms in total. The maximum Gasteiger partial charge on any atom is 0.272 e. The molecule has 0 spiro atoms. The lowest BCUT2D eigenvalue weighted by molar-refractivity contribution is -0.00697. The molecule has 0 aliphatic carbocycles. The van der Waals surface area contributed by atoms with E-state index in [2.05, 4.69) is 15.5 Å². The molecule has 1 aliphatic rings. The van der Waals surface area contributed by atoms with Gasteiger partial charge in [0.25, 0.3) is 5.91 Å². The molecular formula is C20H27N3O4. The van der Waals surface area contributed by atoms with Gasteiger partial charge in [-0.3, -0.25) is 9.89 Å². The van der Waals surface area contributed by atoms with Crippen molar-refractivity contribution in [1.29, 1.82) is 0 Å². The van der Waals surface area contributed by atoms with E-state index in [0.717, 1.165) is 16.8 Å². The van der Waals surface area contributed by atoms with Crippen LogP contribution in [0.2, 0.25) is 0 Å². The van der Waals surface area contributed by atoms with Crippen LogP contribution < -0.4 is 10.1 Å². The van der Waals surface area contributed by atoms with E-state index >= 15 is 0 Å². The Balaban J connectivity index is 1.69. The zero-order chi connectivity index (χ0) is 19.6. The largest absolute Gasteiger partial charge is 0.490 e. The molecule has 1 aliphatic heterocycles. The summed E-state index contributed by atoms with van der Waals surface area (Å²) in [5, 5.41) is 19.9.